The molecule has 1 aromatic rings. The van der Waals surface area contributed by atoms with Gasteiger partial charge in [0.1, 0.15) is 11.4 Å². The van der Waals surface area contributed by atoms with Crippen LogP contribution in [0.2, 0.25) is 0 Å². The third-order valence-corrected chi connectivity index (χ3v) is 3.66. The van der Waals surface area contributed by atoms with E-state index in [2.05, 4.69) is 0 Å². The fourth-order valence-electron chi connectivity index (χ4n) is 1.82. The summed E-state index contributed by atoms with van der Waals surface area (Å²) in [5.41, 5.74) is -0.850. The molecule has 1 saturated heterocycles. The number of phenolic OH excluding ortho intramolecular Hbond substituents is 1. The van der Waals surface area contributed by atoms with Crippen molar-refractivity contribution in [3.8, 4) is 5.75 Å². The third-order valence-electron chi connectivity index (χ3n) is 2.67. The number of rotatable bonds is 1. The quantitative estimate of drug-likeness (QED) is 0.772. The second-order valence-corrected chi connectivity index (χ2v) is 4.82. The van der Waals surface area contributed by atoms with E-state index in [9.17, 15) is 9.50 Å². The molecule has 76 valence electrons. The van der Waals surface area contributed by atoms with Crippen molar-refractivity contribution in [3.05, 3.63) is 29.8 Å². The van der Waals surface area contributed by atoms with Crippen molar-refractivity contribution in [2.24, 2.45) is 0 Å². The van der Waals surface area contributed by atoms with Crippen LogP contribution in [0.5, 0.6) is 5.75 Å². The Morgan fingerprint density at radius 2 is 1.86 bits per heavy atom. The van der Waals surface area contributed by atoms with E-state index in [0.717, 1.165) is 11.5 Å². The number of thioether (sulfide) groups is 1. The normalized spacial score (nSPS) is 20.6. The average molecular weight is 212 g/mol. The van der Waals surface area contributed by atoms with Gasteiger partial charge in [0.05, 0.1) is 0 Å². The average Bonchev–Trinajstić information content (AvgIpc) is 2.19. The van der Waals surface area contributed by atoms with E-state index in [1.165, 1.54) is 0 Å². The highest BCUT2D eigenvalue weighted by Gasteiger charge is 2.35. The lowest BCUT2D eigenvalue weighted by Gasteiger charge is -2.29. The van der Waals surface area contributed by atoms with E-state index in [1.807, 2.05) is 0 Å². The number of hydrogen-bond donors (Lipinski definition) is 1. The van der Waals surface area contributed by atoms with E-state index < -0.39 is 5.67 Å². The number of halogens is 1. The summed E-state index contributed by atoms with van der Waals surface area (Å²) in [5.74, 6) is 1.76. The van der Waals surface area contributed by atoms with Crippen LogP contribution >= 0.6 is 11.8 Å². The zero-order chi connectivity index (χ0) is 10.0. The van der Waals surface area contributed by atoms with Gasteiger partial charge in [0.15, 0.2) is 0 Å². The first-order chi connectivity index (χ1) is 6.72. The molecule has 0 spiro atoms. The number of aromatic hydroxyl groups is 1. The minimum absolute atomic E-state index is 0.0851. The van der Waals surface area contributed by atoms with Gasteiger partial charge in [-0.25, -0.2) is 4.39 Å². The van der Waals surface area contributed by atoms with Gasteiger partial charge < -0.3 is 5.11 Å². The molecule has 1 aromatic carbocycles. The van der Waals surface area contributed by atoms with Crippen molar-refractivity contribution >= 4 is 11.8 Å². The summed E-state index contributed by atoms with van der Waals surface area (Å²) in [6.45, 7) is 0. The minimum atomic E-state index is -1.31. The van der Waals surface area contributed by atoms with Gasteiger partial charge >= 0.3 is 0 Å². The van der Waals surface area contributed by atoms with Crippen molar-refractivity contribution in [3.63, 3.8) is 0 Å². The van der Waals surface area contributed by atoms with E-state index in [-0.39, 0.29) is 5.75 Å². The Labute approximate surface area is 87.3 Å². The Hall–Kier alpha value is -0.700. The molecule has 0 radical (unpaired) electrons. The molecular weight excluding hydrogens is 199 g/mol. The van der Waals surface area contributed by atoms with Crippen molar-refractivity contribution in [2.45, 2.75) is 18.5 Å². The lowest BCUT2D eigenvalue weighted by atomic mass is 9.89. The molecule has 1 heterocycles. The van der Waals surface area contributed by atoms with Gasteiger partial charge in [-0.2, -0.15) is 11.8 Å². The summed E-state index contributed by atoms with van der Waals surface area (Å²) >= 11 is 1.78. The predicted octanol–water partition coefficient (Wildman–Crippen LogP) is 3.08. The van der Waals surface area contributed by atoms with Crippen molar-refractivity contribution in [2.75, 3.05) is 11.5 Å². The zero-order valence-electron chi connectivity index (χ0n) is 7.87. The minimum Gasteiger partial charge on any atom is -0.508 e. The second-order valence-electron chi connectivity index (χ2n) is 3.59. The predicted molar refractivity (Wildman–Crippen MR) is 57.5 cm³/mol. The van der Waals surface area contributed by atoms with Crippen LogP contribution in [-0.4, -0.2) is 16.6 Å². The monoisotopic (exact) mass is 212 g/mol. The molecule has 0 unspecified atom stereocenters. The van der Waals surface area contributed by atoms with Gasteiger partial charge in [-0.3, -0.25) is 0 Å². The van der Waals surface area contributed by atoms with Crippen molar-refractivity contribution in [1.82, 2.24) is 0 Å². The molecule has 3 heteroatoms. The third kappa shape index (κ3) is 1.73. The van der Waals surface area contributed by atoms with Crippen LogP contribution in [0.3, 0.4) is 0 Å². The fraction of sp³-hybridized carbons (Fsp3) is 0.455. The molecule has 1 aliphatic rings. The first-order valence-electron chi connectivity index (χ1n) is 4.77. The van der Waals surface area contributed by atoms with Crippen LogP contribution < -0.4 is 0 Å². The molecule has 2 rings (SSSR count). The molecule has 0 bridgehead atoms. The van der Waals surface area contributed by atoms with Gasteiger partial charge in [-0.05, 0) is 30.4 Å². The van der Waals surface area contributed by atoms with Crippen LogP contribution in [0.4, 0.5) is 4.39 Å². The maximum atomic E-state index is 14.4. The van der Waals surface area contributed by atoms with Crippen molar-refractivity contribution in [1.29, 1.82) is 0 Å². The van der Waals surface area contributed by atoms with E-state index in [0.29, 0.717) is 18.4 Å². The lowest BCUT2D eigenvalue weighted by Crippen LogP contribution is -2.25. The first-order valence-corrected chi connectivity index (χ1v) is 5.93. The number of para-hydroxylation sites is 1. The smallest absolute Gasteiger partial charge is 0.141 e. The molecule has 0 saturated carbocycles. The second kappa shape index (κ2) is 3.81. The van der Waals surface area contributed by atoms with Crippen LogP contribution in [0.1, 0.15) is 18.4 Å². The molecular formula is C11H13FOS. The topological polar surface area (TPSA) is 20.2 Å². The molecule has 1 aliphatic heterocycles. The number of alkyl halides is 1. The van der Waals surface area contributed by atoms with Crippen LogP contribution in [0.25, 0.3) is 0 Å². The van der Waals surface area contributed by atoms with Gasteiger partial charge in [-0.15, -0.1) is 0 Å². The zero-order valence-corrected chi connectivity index (χ0v) is 8.69. The Kier molecular flexibility index (Phi) is 2.68. The number of benzene rings is 1. The maximum absolute atomic E-state index is 14.4. The van der Waals surface area contributed by atoms with Gasteiger partial charge in [0, 0.05) is 5.56 Å². The first kappa shape index (κ1) is 9.84. The molecule has 1 fully saturated rings. The van der Waals surface area contributed by atoms with Gasteiger partial charge in [0.25, 0.3) is 0 Å². The highest BCUT2D eigenvalue weighted by Crippen LogP contribution is 2.42. The van der Waals surface area contributed by atoms with Crippen molar-refractivity contribution < 1.29 is 9.50 Å². The van der Waals surface area contributed by atoms with Crippen LogP contribution in [0.15, 0.2) is 24.3 Å². The number of phenols is 1. The molecule has 0 aliphatic carbocycles. The van der Waals surface area contributed by atoms with E-state index >= 15 is 0 Å². The Morgan fingerprint density at radius 3 is 2.50 bits per heavy atom. The number of hydrogen-bond acceptors (Lipinski definition) is 2. The Bertz CT molecular complexity index is 321. The fourth-order valence-corrected chi connectivity index (χ4v) is 2.96. The molecule has 0 amide bonds. The molecule has 1 N–H and O–H groups in total. The summed E-state index contributed by atoms with van der Waals surface area (Å²) < 4.78 is 14.4. The van der Waals surface area contributed by atoms with Gasteiger partial charge in [-0.1, -0.05) is 18.2 Å². The van der Waals surface area contributed by atoms with Crippen LogP contribution in [0, 0.1) is 0 Å². The van der Waals surface area contributed by atoms with Gasteiger partial charge in [0.2, 0.25) is 0 Å². The summed E-state index contributed by atoms with van der Waals surface area (Å²) in [6, 6.07) is 6.74. The van der Waals surface area contributed by atoms with Crippen LogP contribution in [-0.2, 0) is 5.67 Å². The Balaban J connectivity index is 2.32. The highest BCUT2D eigenvalue weighted by molar-refractivity contribution is 7.99. The summed E-state index contributed by atoms with van der Waals surface area (Å²) in [5, 5.41) is 9.58. The summed E-state index contributed by atoms with van der Waals surface area (Å²) in [4.78, 5) is 0. The standard InChI is InChI=1S/C11H13FOS/c12-11(5-7-14-8-6-11)9-3-1-2-4-10(9)13/h1-4,13H,5-8H2. The lowest BCUT2D eigenvalue weighted by molar-refractivity contribution is 0.146. The Morgan fingerprint density at radius 1 is 1.21 bits per heavy atom. The van der Waals surface area contributed by atoms with E-state index in [1.54, 1.807) is 36.0 Å². The summed E-state index contributed by atoms with van der Waals surface area (Å²) in [6.07, 6.45) is 1.02. The van der Waals surface area contributed by atoms with E-state index in [4.69, 9.17) is 0 Å². The maximum Gasteiger partial charge on any atom is 0.141 e. The molecule has 0 atom stereocenters. The molecule has 0 aromatic heterocycles. The molecule has 1 nitrogen and oxygen atoms in total. The summed E-state index contributed by atoms with van der Waals surface area (Å²) in [7, 11) is 0. The molecule has 14 heavy (non-hydrogen) atoms. The largest absolute Gasteiger partial charge is 0.508 e. The highest BCUT2D eigenvalue weighted by atomic mass is 32.2. The SMILES string of the molecule is Oc1ccccc1C1(F)CCSCC1.